The maximum absolute atomic E-state index is 12.6. The fourth-order valence-electron chi connectivity index (χ4n) is 1.99. The number of benzene rings is 1. The Kier molecular flexibility index (Phi) is 5.51. The van der Waals surface area contributed by atoms with Crippen molar-refractivity contribution in [3.63, 3.8) is 0 Å². The zero-order valence-electron chi connectivity index (χ0n) is 11.8. The summed E-state index contributed by atoms with van der Waals surface area (Å²) in [6.45, 7) is 3.25. The molecule has 1 N–H and O–H groups in total. The fraction of sp³-hybridized carbons (Fsp3) is 0.267. The minimum Gasteiger partial charge on any atom is -0.385 e. The molecule has 1 aromatic carbocycles. The molecular formula is C15H16Cl2N2OS. The molecule has 0 unspecified atom stereocenters. The van der Waals surface area contributed by atoms with E-state index < -0.39 is 0 Å². The van der Waals surface area contributed by atoms with Crippen molar-refractivity contribution in [3.8, 4) is 0 Å². The molecule has 0 saturated carbocycles. The first-order valence-electron chi connectivity index (χ1n) is 6.54. The summed E-state index contributed by atoms with van der Waals surface area (Å²) in [5.74, 6) is -0.0713. The molecule has 3 nitrogen and oxygen atoms in total. The van der Waals surface area contributed by atoms with Crippen LogP contribution in [0.1, 0.15) is 22.2 Å². The number of anilines is 1. The average molecular weight is 343 g/mol. The molecule has 0 aliphatic carbocycles. The van der Waals surface area contributed by atoms with Crippen LogP contribution in [0.25, 0.3) is 0 Å². The molecule has 0 bridgehead atoms. The van der Waals surface area contributed by atoms with E-state index in [0.717, 1.165) is 21.4 Å². The minimum atomic E-state index is -0.0713. The second-order valence-corrected chi connectivity index (χ2v) is 6.82. The zero-order chi connectivity index (χ0) is 15.4. The van der Waals surface area contributed by atoms with E-state index in [0.29, 0.717) is 17.1 Å². The Bertz CT molecular complexity index is 642. The molecule has 0 saturated heterocycles. The summed E-state index contributed by atoms with van der Waals surface area (Å²) in [5, 5.41) is 3.73. The number of carbonyl (C=O) groups excluding carboxylic acids is 1. The Morgan fingerprint density at radius 3 is 2.67 bits per heavy atom. The fourth-order valence-corrected chi connectivity index (χ4v) is 3.30. The van der Waals surface area contributed by atoms with Gasteiger partial charge in [-0.05, 0) is 37.3 Å². The van der Waals surface area contributed by atoms with Crippen LogP contribution in [0.15, 0.2) is 30.3 Å². The molecule has 2 aromatic rings. The van der Waals surface area contributed by atoms with Gasteiger partial charge in [0.05, 0.1) is 16.4 Å². The van der Waals surface area contributed by atoms with Gasteiger partial charge < -0.3 is 10.2 Å². The van der Waals surface area contributed by atoms with Crippen LogP contribution in [0.2, 0.25) is 9.36 Å². The van der Waals surface area contributed by atoms with Crippen LogP contribution in [0, 0.1) is 0 Å². The average Bonchev–Trinajstić information content (AvgIpc) is 2.85. The van der Waals surface area contributed by atoms with E-state index >= 15 is 0 Å². The van der Waals surface area contributed by atoms with Gasteiger partial charge in [0.15, 0.2) is 0 Å². The van der Waals surface area contributed by atoms with Crippen LogP contribution in [0.5, 0.6) is 0 Å². The highest BCUT2D eigenvalue weighted by atomic mass is 35.5. The van der Waals surface area contributed by atoms with Crippen molar-refractivity contribution in [1.82, 2.24) is 4.90 Å². The molecule has 0 radical (unpaired) electrons. The summed E-state index contributed by atoms with van der Waals surface area (Å²) in [7, 11) is 1.77. The molecule has 0 atom stereocenters. The molecule has 0 aliphatic heterocycles. The topological polar surface area (TPSA) is 32.3 Å². The van der Waals surface area contributed by atoms with Crippen LogP contribution < -0.4 is 5.32 Å². The molecule has 1 heterocycles. The van der Waals surface area contributed by atoms with Crippen LogP contribution in [0.4, 0.5) is 5.69 Å². The van der Waals surface area contributed by atoms with E-state index in [-0.39, 0.29) is 5.91 Å². The second-order valence-electron chi connectivity index (χ2n) is 4.59. The molecule has 21 heavy (non-hydrogen) atoms. The maximum Gasteiger partial charge on any atom is 0.256 e. The van der Waals surface area contributed by atoms with Gasteiger partial charge in [0.1, 0.15) is 0 Å². The van der Waals surface area contributed by atoms with E-state index in [1.165, 1.54) is 11.3 Å². The number of hydrogen-bond acceptors (Lipinski definition) is 3. The monoisotopic (exact) mass is 342 g/mol. The summed E-state index contributed by atoms with van der Waals surface area (Å²) in [6, 6.07) is 9.06. The maximum atomic E-state index is 12.6. The number of thiophene rings is 1. The van der Waals surface area contributed by atoms with Gasteiger partial charge in [0.2, 0.25) is 0 Å². The van der Waals surface area contributed by atoms with Crippen LogP contribution >= 0.6 is 34.5 Å². The highest BCUT2D eigenvalue weighted by Crippen LogP contribution is 2.25. The lowest BCUT2D eigenvalue weighted by Crippen LogP contribution is -2.26. The Balaban J connectivity index is 2.20. The van der Waals surface area contributed by atoms with Crippen molar-refractivity contribution < 1.29 is 4.79 Å². The number of rotatable bonds is 5. The zero-order valence-corrected chi connectivity index (χ0v) is 14.1. The predicted octanol–water partition coefficient (Wildman–Crippen LogP) is 4.76. The van der Waals surface area contributed by atoms with Crippen molar-refractivity contribution in [2.45, 2.75) is 13.5 Å². The summed E-state index contributed by atoms with van der Waals surface area (Å²) < 4.78 is 0.724. The SMILES string of the molecule is CCNc1ccc(Cl)cc1C(=O)N(C)Cc1ccc(Cl)s1. The molecule has 0 aliphatic rings. The van der Waals surface area contributed by atoms with E-state index in [1.807, 2.05) is 25.1 Å². The first-order valence-corrected chi connectivity index (χ1v) is 8.11. The Labute approximate surface area is 138 Å². The number of hydrogen-bond donors (Lipinski definition) is 1. The van der Waals surface area contributed by atoms with Gasteiger partial charge in [0.25, 0.3) is 5.91 Å². The van der Waals surface area contributed by atoms with Crippen LogP contribution in [-0.4, -0.2) is 24.4 Å². The van der Waals surface area contributed by atoms with Gasteiger partial charge in [-0.1, -0.05) is 23.2 Å². The predicted molar refractivity (Wildman–Crippen MR) is 90.7 cm³/mol. The highest BCUT2D eigenvalue weighted by molar-refractivity contribution is 7.16. The Hall–Kier alpha value is -1.23. The molecule has 2 rings (SSSR count). The number of nitrogens with zero attached hydrogens (tertiary/aromatic N) is 1. The molecule has 1 aromatic heterocycles. The standard InChI is InChI=1S/C15H16Cl2N2OS/c1-3-18-13-6-4-10(16)8-12(13)15(20)19(2)9-11-5-7-14(17)21-11/h4-8,18H,3,9H2,1-2H3. The number of amides is 1. The lowest BCUT2D eigenvalue weighted by Gasteiger charge is -2.19. The van der Waals surface area contributed by atoms with E-state index in [2.05, 4.69) is 5.32 Å². The van der Waals surface area contributed by atoms with Crippen molar-refractivity contribution in [2.75, 3.05) is 18.9 Å². The van der Waals surface area contributed by atoms with E-state index in [1.54, 1.807) is 24.1 Å². The summed E-state index contributed by atoms with van der Waals surface area (Å²) in [6.07, 6.45) is 0. The van der Waals surface area contributed by atoms with E-state index in [9.17, 15) is 4.79 Å². The lowest BCUT2D eigenvalue weighted by molar-refractivity contribution is 0.0787. The normalized spacial score (nSPS) is 10.5. The smallest absolute Gasteiger partial charge is 0.256 e. The van der Waals surface area contributed by atoms with Gasteiger partial charge in [-0.3, -0.25) is 4.79 Å². The number of halogens is 2. The number of carbonyl (C=O) groups is 1. The molecule has 0 fully saturated rings. The number of nitrogens with one attached hydrogen (secondary N) is 1. The van der Waals surface area contributed by atoms with E-state index in [4.69, 9.17) is 23.2 Å². The van der Waals surface area contributed by atoms with Gasteiger partial charge in [-0.25, -0.2) is 0 Å². The van der Waals surface area contributed by atoms with Gasteiger partial charge in [-0.2, -0.15) is 0 Å². The summed E-state index contributed by atoms with van der Waals surface area (Å²) in [4.78, 5) is 15.3. The minimum absolute atomic E-state index is 0.0713. The summed E-state index contributed by atoms with van der Waals surface area (Å²) in [5.41, 5.74) is 1.37. The first kappa shape index (κ1) is 16.1. The van der Waals surface area contributed by atoms with Crippen molar-refractivity contribution in [3.05, 3.63) is 50.1 Å². The van der Waals surface area contributed by atoms with Crippen LogP contribution in [0.3, 0.4) is 0 Å². The Morgan fingerprint density at radius 1 is 1.29 bits per heavy atom. The highest BCUT2D eigenvalue weighted by Gasteiger charge is 2.17. The van der Waals surface area contributed by atoms with Gasteiger partial charge in [0, 0.05) is 29.2 Å². The molecular weight excluding hydrogens is 327 g/mol. The van der Waals surface area contributed by atoms with Crippen LogP contribution in [-0.2, 0) is 6.54 Å². The molecule has 6 heteroatoms. The summed E-state index contributed by atoms with van der Waals surface area (Å²) >= 11 is 13.4. The quantitative estimate of drug-likeness (QED) is 0.849. The van der Waals surface area contributed by atoms with Crippen molar-refractivity contribution in [2.24, 2.45) is 0 Å². The first-order chi connectivity index (χ1) is 10.0. The second kappa shape index (κ2) is 7.16. The third-order valence-corrected chi connectivity index (χ3v) is 4.40. The van der Waals surface area contributed by atoms with Crippen molar-refractivity contribution >= 4 is 46.1 Å². The third-order valence-electron chi connectivity index (χ3n) is 2.95. The lowest BCUT2D eigenvalue weighted by atomic mass is 10.1. The Morgan fingerprint density at radius 2 is 2.05 bits per heavy atom. The third kappa shape index (κ3) is 4.13. The van der Waals surface area contributed by atoms with Gasteiger partial charge >= 0.3 is 0 Å². The molecule has 0 spiro atoms. The molecule has 112 valence electrons. The largest absolute Gasteiger partial charge is 0.385 e. The van der Waals surface area contributed by atoms with Crippen molar-refractivity contribution in [1.29, 1.82) is 0 Å². The van der Waals surface area contributed by atoms with Gasteiger partial charge in [-0.15, -0.1) is 11.3 Å². The molecule has 1 amide bonds.